The topological polar surface area (TPSA) is 21.3 Å². The van der Waals surface area contributed by atoms with E-state index in [4.69, 9.17) is 16.3 Å². The van der Waals surface area contributed by atoms with Gasteiger partial charge in [-0.2, -0.15) is 0 Å². The summed E-state index contributed by atoms with van der Waals surface area (Å²) in [7, 11) is 1.70. The first-order valence-electron chi connectivity index (χ1n) is 5.69. The quantitative estimate of drug-likeness (QED) is 0.567. The standard InChI is InChI=1S/C11H22ClNO/c1-14-9-10(12)8-13-11-6-4-2-3-5-7-11/h10-11,13H,2-9H2,1H3. The van der Waals surface area contributed by atoms with Crippen LogP contribution in [0.2, 0.25) is 0 Å². The Morgan fingerprint density at radius 2 is 1.93 bits per heavy atom. The van der Waals surface area contributed by atoms with Crippen molar-refractivity contribution in [1.82, 2.24) is 5.32 Å². The average molecular weight is 220 g/mol. The van der Waals surface area contributed by atoms with Crippen molar-refractivity contribution in [2.24, 2.45) is 0 Å². The van der Waals surface area contributed by atoms with Crippen molar-refractivity contribution >= 4 is 11.6 Å². The van der Waals surface area contributed by atoms with Gasteiger partial charge in [0.15, 0.2) is 0 Å². The predicted octanol–water partition coefficient (Wildman–Crippen LogP) is 2.55. The lowest BCUT2D eigenvalue weighted by molar-refractivity contribution is 0.195. The molecular formula is C11H22ClNO. The number of ether oxygens (including phenoxy) is 1. The molecule has 1 fully saturated rings. The Balaban J connectivity index is 2.09. The van der Waals surface area contributed by atoms with Gasteiger partial charge >= 0.3 is 0 Å². The summed E-state index contributed by atoms with van der Waals surface area (Å²) in [4.78, 5) is 0. The molecule has 0 aliphatic heterocycles. The molecule has 14 heavy (non-hydrogen) atoms. The highest BCUT2D eigenvalue weighted by atomic mass is 35.5. The SMILES string of the molecule is COCC(Cl)CNC1CCCCCC1. The molecule has 0 bridgehead atoms. The van der Waals surface area contributed by atoms with Gasteiger partial charge in [-0.3, -0.25) is 0 Å². The molecule has 84 valence electrons. The molecule has 1 aliphatic rings. The van der Waals surface area contributed by atoms with Gasteiger partial charge in [0.05, 0.1) is 12.0 Å². The van der Waals surface area contributed by atoms with Crippen LogP contribution in [0.5, 0.6) is 0 Å². The highest BCUT2D eigenvalue weighted by Crippen LogP contribution is 2.17. The molecule has 0 amide bonds. The Morgan fingerprint density at radius 3 is 2.50 bits per heavy atom. The molecular weight excluding hydrogens is 198 g/mol. The molecule has 0 aromatic carbocycles. The third-order valence-electron chi connectivity index (χ3n) is 2.83. The predicted molar refractivity (Wildman–Crippen MR) is 61.0 cm³/mol. The van der Waals surface area contributed by atoms with Gasteiger partial charge in [-0.05, 0) is 12.8 Å². The summed E-state index contributed by atoms with van der Waals surface area (Å²) in [5.41, 5.74) is 0. The van der Waals surface area contributed by atoms with E-state index in [-0.39, 0.29) is 5.38 Å². The highest BCUT2D eigenvalue weighted by Gasteiger charge is 2.13. The third-order valence-corrected chi connectivity index (χ3v) is 3.11. The van der Waals surface area contributed by atoms with Crippen LogP contribution in [0.3, 0.4) is 0 Å². The van der Waals surface area contributed by atoms with Crippen molar-refractivity contribution in [3.05, 3.63) is 0 Å². The molecule has 0 saturated heterocycles. The molecule has 1 N–H and O–H groups in total. The van der Waals surface area contributed by atoms with Crippen LogP contribution in [0, 0.1) is 0 Å². The van der Waals surface area contributed by atoms with Gasteiger partial charge in [0, 0.05) is 19.7 Å². The number of alkyl halides is 1. The summed E-state index contributed by atoms with van der Waals surface area (Å²) in [6.45, 7) is 1.52. The summed E-state index contributed by atoms with van der Waals surface area (Å²) in [6.07, 6.45) is 8.18. The van der Waals surface area contributed by atoms with Gasteiger partial charge < -0.3 is 10.1 Å². The molecule has 2 nitrogen and oxygen atoms in total. The van der Waals surface area contributed by atoms with E-state index in [1.54, 1.807) is 7.11 Å². The zero-order chi connectivity index (χ0) is 10.2. The van der Waals surface area contributed by atoms with Gasteiger partial charge in [-0.1, -0.05) is 25.7 Å². The molecule has 1 unspecified atom stereocenters. The molecule has 3 heteroatoms. The lowest BCUT2D eigenvalue weighted by Crippen LogP contribution is -2.34. The zero-order valence-corrected chi connectivity index (χ0v) is 9.85. The molecule has 1 rings (SSSR count). The highest BCUT2D eigenvalue weighted by molar-refractivity contribution is 6.20. The van der Waals surface area contributed by atoms with Gasteiger partial charge in [-0.25, -0.2) is 0 Å². The lowest BCUT2D eigenvalue weighted by Gasteiger charge is -2.18. The summed E-state index contributed by atoms with van der Waals surface area (Å²) in [6, 6.07) is 0.690. The molecule has 0 aromatic heterocycles. The van der Waals surface area contributed by atoms with Gasteiger partial charge in [0.2, 0.25) is 0 Å². The number of methoxy groups -OCH3 is 1. The first-order valence-corrected chi connectivity index (χ1v) is 6.13. The molecule has 0 heterocycles. The van der Waals surface area contributed by atoms with E-state index in [0.717, 1.165) is 6.54 Å². The maximum atomic E-state index is 6.05. The van der Waals surface area contributed by atoms with Crippen molar-refractivity contribution in [2.75, 3.05) is 20.3 Å². The first kappa shape index (κ1) is 12.3. The summed E-state index contributed by atoms with van der Waals surface area (Å²) in [5.74, 6) is 0. The monoisotopic (exact) mass is 219 g/mol. The van der Waals surface area contributed by atoms with Crippen LogP contribution in [-0.4, -0.2) is 31.7 Å². The van der Waals surface area contributed by atoms with E-state index >= 15 is 0 Å². The molecule has 0 radical (unpaired) electrons. The fourth-order valence-electron chi connectivity index (χ4n) is 2.02. The van der Waals surface area contributed by atoms with Crippen LogP contribution < -0.4 is 5.32 Å². The molecule has 0 aromatic rings. The van der Waals surface area contributed by atoms with Crippen LogP contribution in [0.1, 0.15) is 38.5 Å². The summed E-state index contributed by atoms with van der Waals surface area (Å²) < 4.78 is 5.00. The number of hydrogen-bond acceptors (Lipinski definition) is 2. The van der Waals surface area contributed by atoms with Crippen LogP contribution in [0.4, 0.5) is 0 Å². The third kappa shape index (κ3) is 5.18. The molecule has 1 aliphatic carbocycles. The normalized spacial score (nSPS) is 21.9. The van der Waals surface area contributed by atoms with Crippen LogP contribution in [0.15, 0.2) is 0 Å². The Hall–Kier alpha value is 0.210. The number of rotatable bonds is 5. The van der Waals surface area contributed by atoms with E-state index in [2.05, 4.69) is 5.32 Å². The smallest absolute Gasteiger partial charge is 0.0694 e. The van der Waals surface area contributed by atoms with E-state index in [9.17, 15) is 0 Å². The second-order valence-electron chi connectivity index (χ2n) is 4.15. The van der Waals surface area contributed by atoms with Gasteiger partial charge in [-0.15, -0.1) is 11.6 Å². The van der Waals surface area contributed by atoms with Crippen LogP contribution in [-0.2, 0) is 4.74 Å². The average Bonchev–Trinajstić information content (AvgIpc) is 2.43. The van der Waals surface area contributed by atoms with E-state index in [1.807, 2.05) is 0 Å². The van der Waals surface area contributed by atoms with E-state index in [0.29, 0.717) is 12.6 Å². The van der Waals surface area contributed by atoms with Crippen molar-refractivity contribution in [3.63, 3.8) is 0 Å². The lowest BCUT2D eigenvalue weighted by atomic mass is 10.1. The largest absolute Gasteiger partial charge is 0.383 e. The minimum atomic E-state index is 0.114. The van der Waals surface area contributed by atoms with Crippen LogP contribution in [0.25, 0.3) is 0 Å². The molecule has 1 saturated carbocycles. The zero-order valence-electron chi connectivity index (χ0n) is 9.10. The Morgan fingerprint density at radius 1 is 1.29 bits per heavy atom. The van der Waals surface area contributed by atoms with Crippen LogP contribution >= 0.6 is 11.6 Å². The van der Waals surface area contributed by atoms with Crippen molar-refractivity contribution in [3.8, 4) is 0 Å². The molecule has 1 atom stereocenters. The maximum Gasteiger partial charge on any atom is 0.0694 e. The summed E-state index contributed by atoms with van der Waals surface area (Å²) >= 11 is 6.05. The fourth-order valence-corrected chi connectivity index (χ4v) is 2.23. The van der Waals surface area contributed by atoms with Gasteiger partial charge in [0.1, 0.15) is 0 Å². The fraction of sp³-hybridized carbons (Fsp3) is 1.00. The van der Waals surface area contributed by atoms with E-state index < -0.39 is 0 Å². The van der Waals surface area contributed by atoms with Crippen molar-refractivity contribution in [1.29, 1.82) is 0 Å². The number of halogens is 1. The first-order chi connectivity index (χ1) is 6.83. The van der Waals surface area contributed by atoms with Crippen molar-refractivity contribution < 1.29 is 4.74 Å². The number of nitrogens with one attached hydrogen (secondary N) is 1. The summed E-state index contributed by atoms with van der Waals surface area (Å²) in [5, 5.41) is 3.65. The minimum Gasteiger partial charge on any atom is -0.383 e. The van der Waals surface area contributed by atoms with Gasteiger partial charge in [0.25, 0.3) is 0 Å². The minimum absolute atomic E-state index is 0.114. The Kier molecular flexibility index (Phi) is 6.57. The maximum absolute atomic E-state index is 6.05. The number of hydrogen-bond donors (Lipinski definition) is 1. The van der Waals surface area contributed by atoms with Crippen molar-refractivity contribution in [2.45, 2.75) is 49.9 Å². The molecule has 0 spiro atoms. The second-order valence-corrected chi connectivity index (χ2v) is 4.77. The Labute approximate surface area is 92.3 Å². The Bertz CT molecular complexity index is 135. The second kappa shape index (κ2) is 7.49. The van der Waals surface area contributed by atoms with E-state index in [1.165, 1.54) is 38.5 Å².